The summed E-state index contributed by atoms with van der Waals surface area (Å²) >= 11 is 5.89. The molecule has 0 atom stereocenters. The van der Waals surface area contributed by atoms with Gasteiger partial charge >= 0.3 is 0 Å². The van der Waals surface area contributed by atoms with Crippen molar-refractivity contribution in [3.8, 4) is 5.88 Å². The molecule has 0 radical (unpaired) electrons. The number of aromatic nitrogens is 1. The van der Waals surface area contributed by atoms with E-state index in [4.69, 9.17) is 16.3 Å². The van der Waals surface area contributed by atoms with Crippen LogP contribution in [0.1, 0.15) is 32.1 Å². The lowest BCUT2D eigenvalue weighted by molar-refractivity contribution is -0.384. The summed E-state index contributed by atoms with van der Waals surface area (Å²) in [4.78, 5) is 14.1. The molecule has 1 aromatic heterocycles. The summed E-state index contributed by atoms with van der Waals surface area (Å²) in [6, 6.07) is 1.27. The number of rotatable bonds is 3. The zero-order chi connectivity index (χ0) is 12.3. The summed E-state index contributed by atoms with van der Waals surface area (Å²) in [6.45, 7) is 0. The van der Waals surface area contributed by atoms with Gasteiger partial charge < -0.3 is 4.74 Å². The van der Waals surface area contributed by atoms with Crippen molar-refractivity contribution in [3.05, 3.63) is 27.4 Å². The minimum atomic E-state index is -0.530. The molecule has 0 aliphatic heterocycles. The first-order chi connectivity index (χ1) is 8.18. The minimum Gasteiger partial charge on any atom is -0.473 e. The average molecular weight is 257 g/mol. The van der Waals surface area contributed by atoms with Crippen molar-refractivity contribution in [2.24, 2.45) is 0 Å². The van der Waals surface area contributed by atoms with Crippen LogP contribution >= 0.6 is 11.6 Å². The van der Waals surface area contributed by atoms with E-state index in [-0.39, 0.29) is 22.7 Å². The highest BCUT2D eigenvalue weighted by molar-refractivity contribution is 6.33. The van der Waals surface area contributed by atoms with Gasteiger partial charge in [0.05, 0.1) is 4.92 Å². The lowest BCUT2D eigenvalue weighted by atomic mass is 9.98. The molecule has 92 valence electrons. The summed E-state index contributed by atoms with van der Waals surface area (Å²) < 4.78 is 5.63. The van der Waals surface area contributed by atoms with E-state index in [1.165, 1.54) is 18.7 Å². The highest BCUT2D eigenvalue weighted by atomic mass is 35.5. The monoisotopic (exact) mass is 256 g/mol. The third-order valence-corrected chi connectivity index (χ3v) is 3.22. The van der Waals surface area contributed by atoms with Crippen LogP contribution in [0.25, 0.3) is 0 Å². The van der Waals surface area contributed by atoms with Gasteiger partial charge in [-0.3, -0.25) is 10.1 Å². The van der Waals surface area contributed by atoms with Crippen molar-refractivity contribution in [3.63, 3.8) is 0 Å². The van der Waals surface area contributed by atoms with Gasteiger partial charge in [0, 0.05) is 12.3 Å². The van der Waals surface area contributed by atoms with Crippen LogP contribution in [0.3, 0.4) is 0 Å². The Labute approximate surface area is 104 Å². The Morgan fingerprint density at radius 3 is 2.76 bits per heavy atom. The van der Waals surface area contributed by atoms with E-state index in [9.17, 15) is 10.1 Å². The van der Waals surface area contributed by atoms with E-state index >= 15 is 0 Å². The number of pyridine rings is 1. The van der Waals surface area contributed by atoms with Crippen LogP contribution in [0.4, 0.5) is 5.69 Å². The summed E-state index contributed by atoms with van der Waals surface area (Å²) in [6.07, 6.45) is 6.81. The highest BCUT2D eigenvalue weighted by Crippen LogP contribution is 2.33. The van der Waals surface area contributed by atoms with Crippen molar-refractivity contribution >= 4 is 17.3 Å². The van der Waals surface area contributed by atoms with Gasteiger partial charge in [-0.15, -0.1) is 0 Å². The van der Waals surface area contributed by atoms with Crippen LogP contribution in [-0.4, -0.2) is 16.0 Å². The van der Waals surface area contributed by atoms with Gasteiger partial charge in [0.25, 0.3) is 5.69 Å². The highest BCUT2D eigenvalue weighted by Gasteiger charge is 2.21. The third-order valence-electron chi connectivity index (χ3n) is 2.86. The fraction of sp³-hybridized carbons (Fsp3) is 0.545. The molecule has 0 unspecified atom stereocenters. The molecule has 2 rings (SSSR count). The fourth-order valence-electron chi connectivity index (χ4n) is 1.98. The van der Waals surface area contributed by atoms with E-state index in [1.54, 1.807) is 0 Å². The molecule has 0 bridgehead atoms. The van der Waals surface area contributed by atoms with Gasteiger partial charge in [0.1, 0.15) is 6.10 Å². The second kappa shape index (κ2) is 5.31. The predicted octanol–water partition coefficient (Wildman–Crippen LogP) is 3.35. The largest absolute Gasteiger partial charge is 0.473 e. The molecule has 0 saturated heterocycles. The molecule has 1 saturated carbocycles. The van der Waals surface area contributed by atoms with Crippen LogP contribution in [0, 0.1) is 10.1 Å². The number of nitrogens with zero attached hydrogens (tertiary/aromatic N) is 2. The maximum Gasteiger partial charge on any atom is 0.294 e. The topological polar surface area (TPSA) is 65.3 Å². The van der Waals surface area contributed by atoms with Crippen LogP contribution in [-0.2, 0) is 0 Å². The molecule has 1 aromatic rings. The Bertz CT molecular complexity index is 419. The van der Waals surface area contributed by atoms with Crippen molar-refractivity contribution in [1.82, 2.24) is 4.98 Å². The summed E-state index contributed by atoms with van der Waals surface area (Å²) in [7, 11) is 0. The van der Waals surface area contributed by atoms with Crippen molar-refractivity contribution in [1.29, 1.82) is 0 Å². The Hall–Kier alpha value is -1.36. The number of hydrogen-bond donors (Lipinski definition) is 0. The van der Waals surface area contributed by atoms with Gasteiger partial charge in [0.2, 0.25) is 5.88 Å². The molecule has 6 heteroatoms. The standard InChI is InChI=1S/C11H13ClN2O3/c12-10-9(14(15)16)6-7-13-11(10)17-8-4-2-1-3-5-8/h6-8H,1-5H2. The maximum absolute atomic E-state index is 10.7. The molecular formula is C11H13ClN2O3. The Kier molecular flexibility index (Phi) is 3.78. The fourth-order valence-corrected chi connectivity index (χ4v) is 2.20. The Morgan fingerprint density at radius 1 is 1.41 bits per heavy atom. The van der Waals surface area contributed by atoms with E-state index in [1.807, 2.05) is 0 Å². The molecule has 0 amide bonds. The molecule has 5 nitrogen and oxygen atoms in total. The Balaban J connectivity index is 2.15. The van der Waals surface area contributed by atoms with Crippen LogP contribution in [0.2, 0.25) is 5.02 Å². The van der Waals surface area contributed by atoms with Gasteiger partial charge in [-0.05, 0) is 25.7 Å². The molecule has 1 fully saturated rings. The smallest absolute Gasteiger partial charge is 0.294 e. The molecule has 1 aliphatic carbocycles. The number of ether oxygens (including phenoxy) is 1. The van der Waals surface area contributed by atoms with Crippen LogP contribution in [0.5, 0.6) is 5.88 Å². The first kappa shape index (κ1) is 12.1. The van der Waals surface area contributed by atoms with E-state index < -0.39 is 4.92 Å². The molecular weight excluding hydrogens is 244 g/mol. The third kappa shape index (κ3) is 2.85. The quantitative estimate of drug-likeness (QED) is 0.614. The van der Waals surface area contributed by atoms with E-state index in [0.717, 1.165) is 25.7 Å². The molecule has 1 aliphatic rings. The summed E-state index contributed by atoms with van der Waals surface area (Å²) in [5, 5.41) is 10.7. The molecule has 0 aromatic carbocycles. The zero-order valence-corrected chi connectivity index (χ0v) is 10.0. The lowest BCUT2D eigenvalue weighted by Crippen LogP contribution is -2.20. The normalized spacial score (nSPS) is 16.8. The lowest BCUT2D eigenvalue weighted by Gasteiger charge is -2.22. The van der Waals surface area contributed by atoms with Crippen LogP contribution < -0.4 is 4.74 Å². The molecule has 0 spiro atoms. The van der Waals surface area contributed by atoms with E-state index in [0.29, 0.717) is 0 Å². The second-order valence-electron chi connectivity index (χ2n) is 4.08. The summed E-state index contributed by atoms with van der Waals surface area (Å²) in [5.74, 6) is 0.174. The molecule has 17 heavy (non-hydrogen) atoms. The van der Waals surface area contributed by atoms with Crippen LogP contribution in [0.15, 0.2) is 12.3 Å². The SMILES string of the molecule is O=[N+]([O-])c1ccnc(OC2CCCCC2)c1Cl. The zero-order valence-electron chi connectivity index (χ0n) is 9.26. The van der Waals surface area contributed by atoms with E-state index in [2.05, 4.69) is 4.98 Å². The van der Waals surface area contributed by atoms with Gasteiger partial charge in [-0.25, -0.2) is 4.98 Å². The average Bonchev–Trinajstić information content (AvgIpc) is 2.33. The van der Waals surface area contributed by atoms with Crippen molar-refractivity contribution in [2.75, 3.05) is 0 Å². The van der Waals surface area contributed by atoms with Gasteiger partial charge in [-0.2, -0.15) is 0 Å². The van der Waals surface area contributed by atoms with Gasteiger partial charge in [0.15, 0.2) is 5.02 Å². The number of hydrogen-bond acceptors (Lipinski definition) is 4. The maximum atomic E-state index is 10.7. The number of nitro groups is 1. The number of halogens is 1. The Morgan fingerprint density at radius 2 is 2.12 bits per heavy atom. The first-order valence-electron chi connectivity index (χ1n) is 5.64. The van der Waals surface area contributed by atoms with Crippen molar-refractivity contribution < 1.29 is 9.66 Å². The predicted molar refractivity (Wildman–Crippen MR) is 63.4 cm³/mol. The molecule has 1 heterocycles. The minimum absolute atomic E-state index is 0.0110. The van der Waals surface area contributed by atoms with Crippen molar-refractivity contribution in [2.45, 2.75) is 38.2 Å². The molecule has 0 N–H and O–H groups in total. The first-order valence-corrected chi connectivity index (χ1v) is 6.02. The second-order valence-corrected chi connectivity index (χ2v) is 4.46. The summed E-state index contributed by atoms with van der Waals surface area (Å²) in [5.41, 5.74) is -0.160. The van der Waals surface area contributed by atoms with Gasteiger partial charge in [-0.1, -0.05) is 18.0 Å².